The summed E-state index contributed by atoms with van der Waals surface area (Å²) < 4.78 is 26.5. The van der Waals surface area contributed by atoms with Crippen LogP contribution < -0.4 is 10.6 Å². The molecule has 0 aromatic carbocycles. The van der Waals surface area contributed by atoms with Gasteiger partial charge in [-0.25, -0.2) is 13.8 Å². The number of hydrogen-bond donors (Lipinski definition) is 2. The minimum Gasteiger partial charge on any atom is -0.481 e. The van der Waals surface area contributed by atoms with Gasteiger partial charge >= 0.3 is 5.97 Å². The molecule has 2 rings (SSSR count). The number of carbonyl (C=O) groups is 1. The first-order valence-electron chi connectivity index (χ1n) is 8.20. The molecule has 1 unspecified atom stereocenters. The number of aliphatic carboxylic acids is 1. The van der Waals surface area contributed by atoms with Gasteiger partial charge in [-0.05, 0) is 23.5 Å². The van der Waals surface area contributed by atoms with Crippen LogP contribution in [-0.2, 0) is 4.79 Å². The van der Waals surface area contributed by atoms with Gasteiger partial charge in [-0.2, -0.15) is 0 Å². The number of nitrogens with two attached hydrogens (primary N) is 1. The first kappa shape index (κ1) is 18.4. The Labute approximate surface area is 140 Å². The standard InChI is InChI=1S/C17H25F2N3O2/c1-10(2)9-22(13-6-17(18,19)7-13)16-14(20)5-12(8-21-16)11(3)4-15(23)24/h5,8,10-11,13H,4,6-7,9,20H2,1-3H3,(H,23,24). The SMILES string of the molecule is CC(C)CN(c1ncc(C(C)CC(=O)O)cc1N)C1CC(F)(F)C1. The lowest BCUT2D eigenvalue weighted by Crippen LogP contribution is -2.52. The maximum absolute atomic E-state index is 13.3. The van der Waals surface area contributed by atoms with E-state index in [9.17, 15) is 13.6 Å². The van der Waals surface area contributed by atoms with E-state index >= 15 is 0 Å². The van der Waals surface area contributed by atoms with E-state index in [0.717, 1.165) is 5.56 Å². The van der Waals surface area contributed by atoms with E-state index in [1.807, 2.05) is 18.7 Å². The molecule has 0 radical (unpaired) electrons. The Bertz CT molecular complexity index is 599. The monoisotopic (exact) mass is 341 g/mol. The fraction of sp³-hybridized carbons (Fsp3) is 0.647. The smallest absolute Gasteiger partial charge is 0.303 e. The first-order valence-corrected chi connectivity index (χ1v) is 8.20. The molecule has 1 aliphatic carbocycles. The van der Waals surface area contributed by atoms with Crippen molar-refractivity contribution in [3.05, 3.63) is 17.8 Å². The molecule has 0 bridgehead atoms. The molecule has 1 aromatic heterocycles. The molecule has 5 nitrogen and oxygen atoms in total. The minimum atomic E-state index is -2.61. The first-order chi connectivity index (χ1) is 11.1. The Kier molecular flexibility index (Phi) is 5.30. The summed E-state index contributed by atoms with van der Waals surface area (Å²) in [5.74, 6) is -2.91. The third-order valence-corrected chi connectivity index (χ3v) is 4.31. The number of carboxylic acid groups (broad SMARTS) is 1. The van der Waals surface area contributed by atoms with Gasteiger partial charge in [0.2, 0.25) is 0 Å². The number of carboxylic acids is 1. The Hall–Kier alpha value is -1.92. The second kappa shape index (κ2) is 6.91. The fourth-order valence-electron chi connectivity index (χ4n) is 3.03. The van der Waals surface area contributed by atoms with Crippen molar-refractivity contribution in [2.24, 2.45) is 5.92 Å². The van der Waals surface area contributed by atoms with Crippen LogP contribution in [0.3, 0.4) is 0 Å². The van der Waals surface area contributed by atoms with Gasteiger partial charge in [-0.3, -0.25) is 4.79 Å². The molecule has 1 heterocycles. The highest BCUT2D eigenvalue weighted by Crippen LogP contribution is 2.43. The van der Waals surface area contributed by atoms with E-state index in [4.69, 9.17) is 10.8 Å². The summed E-state index contributed by atoms with van der Waals surface area (Å²) in [5.41, 5.74) is 7.25. The average Bonchev–Trinajstić information content (AvgIpc) is 2.41. The van der Waals surface area contributed by atoms with Gasteiger partial charge in [-0.1, -0.05) is 20.8 Å². The number of alkyl halides is 2. The number of anilines is 2. The zero-order valence-electron chi connectivity index (χ0n) is 14.3. The summed E-state index contributed by atoms with van der Waals surface area (Å²) in [6.45, 7) is 6.43. The van der Waals surface area contributed by atoms with Crippen molar-refractivity contribution in [3.63, 3.8) is 0 Å². The predicted molar refractivity (Wildman–Crippen MR) is 89.5 cm³/mol. The zero-order valence-corrected chi connectivity index (χ0v) is 14.3. The third-order valence-electron chi connectivity index (χ3n) is 4.31. The van der Waals surface area contributed by atoms with Crippen molar-refractivity contribution in [3.8, 4) is 0 Å². The van der Waals surface area contributed by atoms with Crippen LogP contribution in [0.1, 0.15) is 51.5 Å². The number of nitrogens with zero attached hydrogens (tertiary/aromatic N) is 2. The maximum Gasteiger partial charge on any atom is 0.303 e. The van der Waals surface area contributed by atoms with Gasteiger partial charge in [-0.15, -0.1) is 0 Å². The molecule has 0 saturated heterocycles. The van der Waals surface area contributed by atoms with E-state index in [1.165, 1.54) is 0 Å². The molecular formula is C17H25F2N3O2. The van der Waals surface area contributed by atoms with Crippen molar-refractivity contribution in [2.75, 3.05) is 17.2 Å². The predicted octanol–water partition coefficient (Wildman–Crippen LogP) is 3.50. The van der Waals surface area contributed by atoms with Crippen LogP contribution in [0.15, 0.2) is 12.3 Å². The van der Waals surface area contributed by atoms with Gasteiger partial charge < -0.3 is 15.7 Å². The van der Waals surface area contributed by atoms with Gasteiger partial charge in [0.25, 0.3) is 5.92 Å². The molecule has 1 aromatic rings. The molecule has 24 heavy (non-hydrogen) atoms. The molecule has 0 amide bonds. The van der Waals surface area contributed by atoms with E-state index in [-0.39, 0.29) is 37.1 Å². The second-order valence-corrected chi connectivity index (χ2v) is 7.14. The van der Waals surface area contributed by atoms with Gasteiger partial charge in [0, 0.05) is 31.6 Å². The number of nitrogen functional groups attached to an aromatic ring is 1. The summed E-state index contributed by atoms with van der Waals surface area (Å²) in [6.07, 6.45) is 1.23. The highest BCUT2D eigenvalue weighted by atomic mass is 19.3. The van der Waals surface area contributed by atoms with Crippen molar-refractivity contribution < 1.29 is 18.7 Å². The Balaban J connectivity index is 2.22. The van der Waals surface area contributed by atoms with E-state index in [0.29, 0.717) is 18.1 Å². The summed E-state index contributed by atoms with van der Waals surface area (Å²) in [4.78, 5) is 17.1. The van der Waals surface area contributed by atoms with Gasteiger partial charge in [0.05, 0.1) is 12.1 Å². The summed E-state index contributed by atoms with van der Waals surface area (Å²) >= 11 is 0. The van der Waals surface area contributed by atoms with Crippen LogP contribution in [0.25, 0.3) is 0 Å². The highest BCUT2D eigenvalue weighted by molar-refractivity contribution is 5.69. The topological polar surface area (TPSA) is 79.5 Å². The van der Waals surface area contributed by atoms with Crippen LogP contribution in [0.5, 0.6) is 0 Å². The van der Waals surface area contributed by atoms with Crippen LogP contribution in [0.2, 0.25) is 0 Å². The molecule has 0 aliphatic heterocycles. The van der Waals surface area contributed by atoms with Crippen molar-refractivity contribution in [2.45, 2.75) is 57.9 Å². The number of hydrogen-bond acceptors (Lipinski definition) is 4. The zero-order chi connectivity index (χ0) is 18.1. The molecule has 1 saturated carbocycles. The van der Waals surface area contributed by atoms with Crippen LogP contribution >= 0.6 is 0 Å². The van der Waals surface area contributed by atoms with Crippen LogP contribution in [0, 0.1) is 5.92 Å². The molecule has 0 spiro atoms. The van der Waals surface area contributed by atoms with Gasteiger partial charge in [0.1, 0.15) is 0 Å². The normalized spacial score (nSPS) is 18.2. The van der Waals surface area contributed by atoms with Crippen molar-refractivity contribution in [1.29, 1.82) is 0 Å². The van der Waals surface area contributed by atoms with Crippen molar-refractivity contribution >= 4 is 17.5 Å². The lowest BCUT2D eigenvalue weighted by atomic mass is 9.86. The minimum absolute atomic E-state index is 0.00891. The number of halogens is 2. The molecule has 1 aliphatic rings. The molecule has 134 valence electrons. The van der Waals surface area contributed by atoms with E-state index in [1.54, 1.807) is 19.2 Å². The van der Waals surface area contributed by atoms with Crippen molar-refractivity contribution in [1.82, 2.24) is 4.98 Å². The second-order valence-electron chi connectivity index (χ2n) is 7.14. The summed E-state index contributed by atoms with van der Waals surface area (Å²) in [6, 6.07) is 1.44. The van der Waals surface area contributed by atoms with Crippen LogP contribution in [0.4, 0.5) is 20.3 Å². The number of pyridine rings is 1. The number of rotatable bonds is 7. The lowest BCUT2D eigenvalue weighted by Gasteiger charge is -2.44. The largest absolute Gasteiger partial charge is 0.481 e. The fourth-order valence-corrected chi connectivity index (χ4v) is 3.03. The molecule has 3 N–H and O–H groups in total. The molecular weight excluding hydrogens is 316 g/mol. The van der Waals surface area contributed by atoms with Gasteiger partial charge in [0.15, 0.2) is 5.82 Å². The Morgan fingerprint density at radius 1 is 1.46 bits per heavy atom. The number of aromatic nitrogens is 1. The summed E-state index contributed by atoms with van der Waals surface area (Å²) in [5, 5.41) is 8.89. The molecule has 1 atom stereocenters. The molecule has 7 heteroatoms. The quantitative estimate of drug-likeness (QED) is 0.793. The van der Waals surface area contributed by atoms with Crippen LogP contribution in [-0.4, -0.2) is 34.6 Å². The Morgan fingerprint density at radius 3 is 2.54 bits per heavy atom. The lowest BCUT2D eigenvalue weighted by molar-refractivity contribution is -0.137. The highest BCUT2D eigenvalue weighted by Gasteiger charge is 2.48. The van der Waals surface area contributed by atoms with E-state index < -0.39 is 11.9 Å². The maximum atomic E-state index is 13.3. The Morgan fingerprint density at radius 2 is 2.08 bits per heavy atom. The third kappa shape index (κ3) is 4.33. The average molecular weight is 341 g/mol. The van der Waals surface area contributed by atoms with E-state index in [2.05, 4.69) is 4.98 Å². The summed E-state index contributed by atoms with van der Waals surface area (Å²) in [7, 11) is 0. The molecule has 1 fully saturated rings.